The minimum Gasteiger partial charge on any atom is -0.468 e. The second-order valence-electron chi connectivity index (χ2n) is 7.81. The molecule has 156 valence electrons. The molecule has 2 aromatic rings. The van der Waals surface area contributed by atoms with Crippen LogP contribution in [-0.4, -0.2) is 36.5 Å². The van der Waals surface area contributed by atoms with E-state index in [0.29, 0.717) is 30.1 Å². The quantitative estimate of drug-likeness (QED) is 0.745. The summed E-state index contributed by atoms with van der Waals surface area (Å²) in [7, 11) is 1.40. The first-order chi connectivity index (χ1) is 14.6. The molecule has 2 aliphatic rings. The number of ether oxygens (including phenoxy) is 1. The predicted octanol–water partition coefficient (Wildman–Crippen LogP) is 3.43. The lowest BCUT2D eigenvalue weighted by molar-refractivity contribution is -0.148. The van der Waals surface area contributed by atoms with Crippen LogP contribution in [0.15, 0.2) is 24.3 Å². The van der Waals surface area contributed by atoms with E-state index < -0.39 is 0 Å². The van der Waals surface area contributed by atoms with E-state index in [2.05, 4.69) is 17.5 Å². The van der Waals surface area contributed by atoms with Crippen molar-refractivity contribution in [3.05, 3.63) is 51.4 Å². The Morgan fingerprint density at radius 2 is 2.03 bits per heavy atom. The Labute approximate surface area is 180 Å². The van der Waals surface area contributed by atoms with Crippen molar-refractivity contribution >= 4 is 28.2 Å². The summed E-state index contributed by atoms with van der Waals surface area (Å²) in [6.45, 7) is 1.06. The number of anilines is 1. The van der Waals surface area contributed by atoms with Gasteiger partial charge in [-0.1, -0.05) is 24.3 Å². The normalized spacial score (nSPS) is 18.1. The van der Waals surface area contributed by atoms with Crippen molar-refractivity contribution < 1.29 is 14.3 Å². The van der Waals surface area contributed by atoms with Crippen LogP contribution in [-0.2, 0) is 40.1 Å². The van der Waals surface area contributed by atoms with Gasteiger partial charge in [0.1, 0.15) is 17.1 Å². The number of fused-ring (bicyclic) bond motifs is 2. The Hall–Kier alpha value is -2.69. The molecule has 1 unspecified atom stereocenters. The summed E-state index contributed by atoms with van der Waals surface area (Å²) in [6, 6.07) is 9.96. The van der Waals surface area contributed by atoms with Gasteiger partial charge in [0, 0.05) is 24.4 Å². The molecule has 6 nitrogen and oxygen atoms in total. The van der Waals surface area contributed by atoms with Crippen LogP contribution in [0.5, 0.6) is 0 Å². The third-order valence-corrected chi connectivity index (χ3v) is 7.19. The number of nitrogens with zero attached hydrogens (tertiary/aromatic N) is 2. The molecule has 1 amide bonds. The van der Waals surface area contributed by atoms with Crippen molar-refractivity contribution in [2.75, 3.05) is 19.0 Å². The summed E-state index contributed by atoms with van der Waals surface area (Å²) in [5.74, 6) is -0.407. The molecule has 30 heavy (non-hydrogen) atoms. The smallest absolute Gasteiger partial charge is 0.323 e. The molecular weight excluding hydrogens is 398 g/mol. The molecule has 4 rings (SSSR count). The number of nitrogens with one attached hydrogen (secondary N) is 1. The van der Waals surface area contributed by atoms with Gasteiger partial charge in [-0.3, -0.25) is 14.5 Å². The van der Waals surface area contributed by atoms with Gasteiger partial charge < -0.3 is 10.1 Å². The number of esters is 1. The average molecular weight is 424 g/mol. The predicted molar refractivity (Wildman–Crippen MR) is 115 cm³/mol. The Bertz CT molecular complexity index is 1010. The topological polar surface area (TPSA) is 82.4 Å². The van der Waals surface area contributed by atoms with E-state index >= 15 is 0 Å². The molecule has 0 bridgehead atoms. The highest BCUT2D eigenvalue weighted by Gasteiger charge is 2.32. The number of aryl methyl sites for hydroxylation is 1. The van der Waals surface area contributed by atoms with Gasteiger partial charge in [0.05, 0.1) is 12.7 Å². The van der Waals surface area contributed by atoms with Gasteiger partial charge in [-0.05, 0) is 48.8 Å². The van der Waals surface area contributed by atoms with Crippen molar-refractivity contribution in [3.8, 4) is 6.07 Å². The zero-order chi connectivity index (χ0) is 21.1. The Balaban J connectivity index is 1.43. The Morgan fingerprint density at radius 3 is 2.80 bits per heavy atom. The number of carbonyl (C=O) groups excluding carboxylic acids is 2. The molecule has 0 spiro atoms. The molecule has 0 saturated heterocycles. The van der Waals surface area contributed by atoms with Crippen molar-refractivity contribution in [2.45, 2.75) is 51.1 Å². The molecule has 0 radical (unpaired) electrons. The summed E-state index contributed by atoms with van der Waals surface area (Å²) in [4.78, 5) is 28.2. The van der Waals surface area contributed by atoms with Crippen LogP contribution in [0.25, 0.3) is 0 Å². The van der Waals surface area contributed by atoms with E-state index in [4.69, 9.17) is 4.74 Å². The first kappa shape index (κ1) is 20.6. The average Bonchev–Trinajstić information content (AvgIpc) is 3.13. The maximum atomic E-state index is 12.7. The van der Waals surface area contributed by atoms with Gasteiger partial charge in [0.25, 0.3) is 0 Å². The molecular formula is C23H25N3O3S. The largest absolute Gasteiger partial charge is 0.468 e. The van der Waals surface area contributed by atoms with Gasteiger partial charge in [-0.15, -0.1) is 11.3 Å². The third-order valence-electron chi connectivity index (χ3n) is 5.98. The number of benzene rings is 1. The van der Waals surface area contributed by atoms with E-state index in [-0.39, 0.29) is 24.3 Å². The van der Waals surface area contributed by atoms with Crippen LogP contribution in [0, 0.1) is 11.3 Å². The van der Waals surface area contributed by atoms with Crippen LogP contribution in [0.3, 0.4) is 0 Å². The summed E-state index contributed by atoms with van der Waals surface area (Å²) in [6.07, 6.45) is 4.97. The van der Waals surface area contributed by atoms with Gasteiger partial charge >= 0.3 is 5.97 Å². The first-order valence-corrected chi connectivity index (χ1v) is 11.2. The fourth-order valence-corrected chi connectivity index (χ4v) is 5.64. The molecule has 1 aliphatic heterocycles. The Morgan fingerprint density at radius 1 is 1.27 bits per heavy atom. The highest BCUT2D eigenvalue weighted by atomic mass is 32.1. The minimum atomic E-state index is -0.388. The zero-order valence-corrected chi connectivity index (χ0v) is 17.9. The second-order valence-corrected chi connectivity index (χ2v) is 8.91. The summed E-state index contributed by atoms with van der Waals surface area (Å²) in [5.41, 5.74) is 4.07. The lowest BCUT2D eigenvalue weighted by atomic mass is 9.94. The molecule has 1 aromatic carbocycles. The molecule has 1 aromatic heterocycles. The van der Waals surface area contributed by atoms with Crippen LogP contribution in [0.4, 0.5) is 5.00 Å². The van der Waals surface area contributed by atoms with Gasteiger partial charge in [-0.2, -0.15) is 5.26 Å². The molecule has 0 saturated carbocycles. The lowest BCUT2D eigenvalue weighted by Crippen LogP contribution is -2.47. The number of rotatable bonds is 5. The summed E-state index contributed by atoms with van der Waals surface area (Å²) >= 11 is 1.53. The summed E-state index contributed by atoms with van der Waals surface area (Å²) < 4.78 is 5.00. The van der Waals surface area contributed by atoms with E-state index in [9.17, 15) is 14.9 Å². The number of thiophene rings is 1. The van der Waals surface area contributed by atoms with Gasteiger partial charge in [0.15, 0.2) is 0 Å². The molecule has 1 atom stereocenters. The van der Waals surface area contributed by atoms with Crippen molar-refractivity contribution in [1.29, 1.82) is 5.26 Å². The van der Waals surface area contributed by atoms with E-state index in [0.717, 1.165) is 36.8 Å². The van der Waals surface area contributed by atoms with Gasteiger partial charge in [-0.25, -0.2) is 0 Å². The highest BCUT2D eigenvalue weighted by molar-refractivity contribution is 7.16. The van der Waals surface area contributed by atoms with Crippen molar-refractivity contribution in [1.82, 2.24) is 4.90 Å². The number of nitriles is 1. The number of methoxy groups -OCH3 is 1. The fourth-order valence-electron chi connectivity index (χ4n) is 4.39. The zero-order valence-electron chi connectivity index (χ0n) is 17.1. The molecule has 1 aliphatic carbocycles. The Kier molecular flexibility index (Phi) is 6.16. The lowest BCUT2D eigenvalue weighted by Gasteiger charge is -2.34. The minimum absolute atomic E-state index is 0.132. The van der Waals surface area contributed by atoms with Crippen LogP contribution in [0.1, 0.15) is 46.4 Å². The number of amides is 1. The monoisotopic (exact) mass is 423 g/mol. The van der Waals surface area contributed by atoms with Crippen molar-refractivity contribution in [2.24, 2.45) is 0 Å². The third kappa shape index (κ3) is 4.11. The molecule has 0 fully saturated rings. The van der Waals surface area contributed by atoms with Crippen LogP contribution in [0.2, 0.25) is 0 Å². The highest BCUT2D eigenvalue weighted by Crippen LogP contribution is 2.37. The summed E-state index contributed by atoms with van der Waals surface area (Å²) in [5, 5.41) is 13.2. The second kappa shape index (κ2) is 8.99. The number of hydrogen-bond acceptors (Lipinski definition) is 6. The van der Waals surface area contributed by atoms with E-state index in [1.54, 1.807) is 0 Å². The number of hydrogen-bond donors (Lipinski definition) is 1. The first-order valence-electron chi connectivity index (χ1n) is 10.3. The standard InChI is InChI=1S/C23H25N3O3S/c1-29-23(28)19-12-15-6-2-3-7-16(15)14-26(19)11-10-21(27)25-22-18(13-24)17-8-4-5-9-20(17)30-22/h2-3,6-7,19H,4-5,8-12,14H2,1H3,(H,25,27). The molecule has 1 N–H and O–H groups in total. The SMILES string of the molecule is COC(=O)C1Cc2ccccc2CN1CCC(=O)Nc1sc2c(c1C#N)CCCC2. The molecule has 7 heteroatoms. The van der Waals surface area contributed by atoms with E-state index in [1.165, 1.54) is 28.9 Å². The maximum Gasteiger partial charge on any atom is 0.323 e. The van der Waals surface area contributed by atoms with Crippen LogP contribution < -0.4 is 5.32 Å². The maximum absolute atomic E-state index is 12.7. The van der Waals surface area contributed by atoms with Crippen LogP contribution >= 0.6 is 11.3 Å². The fraction of sp³-hybridized carbons (Fsp3) is 0.435. The van der Waals surface area contributed by atoms with Crippen molar-refractivity contribution in [3.63, 3.8) is 0 Å². The van der Waals surface area contributed by atoms with Gasteiger partial charge in [0.2, 0.25) is 5.91 Å². The number of carbonyl (C=O) groups is 2. The molecule has 2 heterocycles. The van der Waals surface area contributed by atoms with E-state index in [1.807, 2.05) is 23.1 Å².